The predicted molar refractivity (Wildman–Crippen MR) is 58.7 cm³/mol. The molecule has 0 heterocycles. The molecule has 14 heavy (non-hydrogen) atoms. The second-order valence-electron chi connectivity index (χ2n) is 2.96. The number of hydrogen-bond donors (Lipinski definition) is 1. The van der Waals surface area contributed by atoms with Crippen molar-refractivity contribution in [1.29, 1.82) is 0 Å². The van der Waals surface area contributed by atoms with Crippen molar-refractivity contribution in [3.8, 4) is 0 Å². The van der Waals surface area contributed by atoms with Gasteiger partial charge in [-0.2, -0.15) is 0 Å². The van der Waals surface area contributed by atoms with E-state index in [0.29, 0.717) is 11.4 Å². The molecule has 0 bridgehead atoms. The van der Waals surface area contributed by atoms with Crippen LogP contribution in [0.1, 0.15) is 6.92 Å². The minimum Gasteiger partial charge on any atom is -0.399 e. The van der Waals surface area contributed by atoms with E-state index < -0.39 is 10.0 Å². The summed E-state index contributed by atoms with van der Waals surface area (Å²) in [6.07, 6.45) is 0. The fraction of sp³-hybridized carbons (Fsp3) is 0.333. The lowest BCUT2D eigenvalue weighted by atomic mass is 10.3. The van der Waals surface area contributed by atoms with Crippen LogP contribution in [0.5, 0.6) is 0 Å². The first-order valence-corrected chi connectivity index (χ1v) is 5.90. The van der Waals surface area contributed by atoms with Crippen molar-refractivity contribution in [2.75, 3.05) is 22.8 Å². The normalized spacial score (nSPS) is 11.3. The van der Waals surface area contributed by atoms with Crippen LogP contribution in [-0.2, 0) is 10.0 Å². The molecule has 4 nitrogen and oxygen atoms in total. The van der Waals surface area contributed by atoms with E-state index in [1.165, 1.54) is 11.4 Å². The molecule has 0 unspecified atom stereocenters. The molecule has 0 atom stereocenters. The van der Waals surface area contributed by atoms with Crippen LogP contribution in [0, 0.1) is 0 Å². The fourth-order valence-electron chi connectivity index (χ4n) is 1.07. The van der Waals surface area contributed by atoms with Crippen molar-refractivity contribution in [3.63, 3.8) is 0 Å². The Balaban J connectivity index is 3.07. The third kappa shape index (κ3) is 2.17. The smallest absolute Gasteiger partial charge is 0.234 e. The summed E-state index contributed by atoms with van der Waals surface area (Å²) in [5, 5.41) is 0. The molecule has 0 saturated carbocycles. The van der Waals surface area contributed by atoms with Gasteiger partial charge in [0.2, 0.25) is 10.0 Å². The van der Waals surface area contributed by atoms with Gasteiger partial charge in [-0.05, 0) is 25.1 Å². The molecule has 0 radical (unpaired) electrons. The Morgan fingerprint density at radius 2 is 2.07 bits per heavy atom. The summed E-state index contributed by atoms with van der Waals surface area (Å²) >= 11 is 0. The Hall–Kier alpha value is -1.23. The topological polar surface area (TPSA) is 63.4 Å². The molecule has 2 N–H and O–H groups in total. The van der Waals surface area contributed by atoms with Gasteiger partial charge in [-0.3, -0.25) is 4.31 Å². The molecule has 0 amide bonds. The van der Waals surface area contributed by atoms with E-state index in [2.05, 4.69) is 0 Å². The van der Waals surface area contributed by atoms with Gasteiger partial charge in [0.1, 0.15) is 0 Å². The SMILES string of the molecule is CCS(=O)(=O)N(C)c1cccc(N)c1. The summed E-state index contributed by atoms with van der Waals surface area (Å²) in [6, 6.07) is 6.79. The quantitative estimate of drug-likeness (QED) is 0.765. The van der Waals surface area contributed by atoms with E-state index in [4.69, 9.17) is 5.73 Å². The van der Waals surface area contributed by atoms with Crippen LogP contribution in [0.4, 0.5) is 11.4 Å². The Morgan fingerprint density at radius 3 is 2.57 bits per heavy atom. The number of nitrogen functional groups attached to an aromatic ring is 1. The molecule has 0 aliphatic rings. The molecule has 1 aromatic carbocycles. The van der Waals surface area contributed by atoms with Crippen LogP contribution in [0.3, 0.4) is 0 Å². The van der Waals surface area contributed by atoms with E-state index in [0.717, 1.165) is 0 Å². The highest BCUT2D eigenvalue weighted by Crippen LogP contribution is 2.18. The highest BCUT2D eigenvalue weighted by Gasteiger charge is 2.15. The highest BCUT2D eigenvalue weighted by atomic mass is 32.2. The Morgan fingerprint density at radius 1 is 1.43 bits per heavy atom. The molecule has 0 saturated heterocycles. The van der Waals surface area contributed by atoms with Crippen molar-refractivity contribution in [1.82, 2.24) is 0 Å². The lowest BCUT2D eigenvalue weighted by molar-refractivity contribution is 0.595. The number of nitrogens with zero attached hydrogens (tertiary/aromatic N) is 1. The van der Waals surface area contributed by atoms with Crippen LogP contribution in [0.15, 0.2) is 24.3 Å². The fourth-order valence-corrected chi connectivity index (χ4v) is 1.90. The second-order valence-corrected chi connectivity index (χ2v) is 5.25. The van der Waals surface area contributed by atoms with Crippen molar-refractivity contribution < 1.29 is 8.42 Å². The third-order valence-corrected chi connectivity index (χ3v) is 3.79. The van der Waals surface area contributed by atoms with Gasteiger partial charge in [0.15, 0.2) is 0 Å². The number of anilines is 2. The number of hydrogen-bond acceptors (Lipinski definition) is 3. The van der Waals surface area contributed by atoms with Crippen molar-refractivity contribution in [2.24, 2.45) is 0 Å². The number of nitrogens with two attached hydrogens (primary N) is 1. The highest BCUT2D eigenvalue weighted by molar-refractivity contribution is 7.92. The van der Waals surface area contributed by atoms with Crippen molar-refractivity contribution >= 4 is 21.4 Å². The third-order valence-electron chi connectivity index (χ3n) is 2.02. The number of benzene rings is 1. The van der Waals surface area contributed by atoms with Crippen LogP contribution in [0.2, 0.25) is 0 Å². The molecule has 0 aromatic heterocycles. The number of sulfonamides is 1. The zero-order chi connectivity index (χ0) is 10.8. The maximum atomic E-state index is 11.5. The standard InChI is InChI=1S/C9H14N2O2S/c1-3-14(12,13)11(2)9-6-4-5-8(10)7-9/h4-7H,3,10H2,1-2H3. The van der Waals surface area contributed by atoms with E-state index in [1.54, 1.807) is 31.2 Å². The Bertz CT molecular complexity index is 415. The molecule has 5 heteroatoms. The van der Waals surface area contributed by atoms with Gasteiger partial charge >= 0.3 is 0 Å². The van der Waals surface area contributed by atoms with Gasteiger partial charge in [0.25, 0.3) is 0 Å². The van der Waals surface area contributed by atoms with E-state index in [-0.39, 0.29) is 5.75 Å². The van der Waals surface area contributed by atoms with E-state index in [1.807, 2.05) is 0 Å². The molecule has 0 aliphatic carbocycles. The summed E-state index contributed by atoms with van der Waals surface area (Å²) < 4.78 is 24.2. The molecule has 78 valence electrons. The summed E-state index contributed by atoms with van der Waals surface area (Å²) in [7, 11) is -1.67. The van der Waals surface area contributed by atoms with Crippen LogP contribution >= 0.6 is 0 Å². The second kappa shape index (κ2) is 3.88. The van der Waals surface area contributed by atoms with Gasteiger partial charge in [0.05, 0.1) is 11.4 Å². The lowest BCUT2D eigenvalue weighted by Gasteiger charge is -2.18. The molecule has 1 aromatic rings. The Labute approximate surface area is 84.4 Å². The summed E-state index contributed by atoms with van der Waals surface area (Å²) in [5.41, 5.74) is 6.71. The monoisotopic (exact) mass is 214 g/mol. The van der Waals surface area contributed by atoms with Crippen molar-refractivity contribution in [2.45, 2.75) is 6.92 Å². The molecule has 0 aliphatic heterocycles. The molecule has 1 rings (SSSR count). The van der Waals surface area contributed by atoms with Gasteiger partial charge < -0.3 is 5.73 Å². The summed E-state index contributed by atoms with van der Waals surface area (Å²) in [5.74, 6) is 0.0816. The zero-order valence-electron chi connectivity index (χ0n) is 8.27. The number of rotatable bonds is 3. The Kier molecular flexibility index (Phi) is 3.00. The summed E-state index contributed by atoms with van der Waals surface area (Å²) in [4.78, 5) is 0. The first-order valence-electron chi connectivity index (χ1n) is 4.29. The molecule has 0 fully saturated rings. The minimum absolute atomic E-state index is 0.0816. The van der Waals surface area contributed by atoms with Crippen LogP contribution in [0.25, 0.3) is 0 Å². The predicted octanol–water partition coefficient (Wildman–Crippen LogP) is 1.05. The lowest BCUT2D eigenvalue weighted by Crippen LogP contribution is -2.27. The van der Waals surface area contributed by atoms with E-state index >= 15 is 0 Å². The largest absolute Gasteiger partial charge is 0.399 e. The van der Waals surface area contributed by atoms with Gasteiger partial charge in [-0.15, -0.1) is 0 Å². The average molecular weight is 214 g/mol. The maximum absolute atomic E-state index is 11.5. The van der Waals surface area contributed by atoms with Crippen molar-refractivity contribution in [3.05, 3.63) is 24.3 Å². The molecular formula is C9H14N2O2S. The molecular weight excluding hydrogens is 200 g/mol. The van der Waals surface area contributed by atoms with Gasteiger partial charge in [-0.1, -0.05) is 6.07 Å². The molecule has 0 spiro atoms. The van der Waals surface area contributed by atoms with Crippen LogP contribution in [-0.4, -0.2) is 21.2 Å². The van der Waals surface area contributed by atoms with Crippen LogP contribution < -0.4 is 10.0 Å². The van der Waals surface area contributed by atoms with Gasteiger partial charge in [-0.25, -0.2) is 8.42 Å². The average Bonchev–Trinajstić information content (AvgIpc) is 2.16. The first kappa shape index (κ1) is 10.8. The zero-order valence-corrected chi connectivity index (χ0v) is 9.08. The van der Waals surface area contributed by atoms with E-state index in [9.17, 15) is 8.42 Å². The summed E-state index contributed by atoms with van der Waals surface area (Å²) in [6.45, 7) is 1.61. The maximum Gasteiger partial charge on any atom is 0.234 e. The first-order chi connectivity index (χ1) is 6.47. The van der Waals surface area contributed by atoms with Gasteiger partial charge in [0, 0.05) is 12.7 Å². The minimum atomic E-state index is -3.19.